The smallest absolute Gasteiger partial charge is 0.144 e. The molecule has 0 aliphatic carbocycles. The number of benzene rings is 2. The molecule has 3 heterocycles. The number of imidazole rings is 1. The van der Waals surface area contributed by atoms with E-state index < -0.39 is 0 Å². The van der Waals surface area contributed by atoms with E-state index in [2.05, 4.69) is 46.8 Å². The third kappa shape index (κ3) is 5.88. The van der Waals surface area contributed by atoms with Crippen LogP contribution >= 0.6 is 11.6 Å². The number of nitrogen functional groups attached to an aromatic ring is 1. The third-order valence-corrected chi connectivity index (χ3v) is 8.18. The van der Waals surface area contributed by atoms with Gasteiger partial charge in [-0.1, -0.05) is 23.7 Å². The average molecular weight is 554 g/mol. The first kappa shape index (κ1) is 27.7. The normalized spacial score (nSPS) is 18.2. The van der Waals surface area contributed by atoms with Crippen molar-refractivity contribution in [1.29, 1.82) is 0 Å². The molecule has 0 bridgehead atoms. The highest BCUT2D eigenvalue weighted by molar-refractivity contribution is 6.31. The average Bonchev–Trinajstić information content (AvgIpc) is 3.41. The van der Waals surface area contributed by atoms with Gasteiger partial charge in [0.1, 0.15) is 18.5 Å². The van der Waals surface area contributed by atoms with Crippen LogP contribution in [0, 0.1) is 6.92 Å². The van der Waals surface area contributed by atoms with Crippen molar-refractivity contribution >= 4 is 23.0 Å². The number of nitrogens with two attached hydrogens (primary N) is 2. The molecule has 4 N–H and O–H groups in total. The number of hydrogen-bond donors (Lipinski definition) is 2. The van der Waals surface area contributed by atoms with E-state index in [0.717, 1.165) is 74.3 Å². The summed E-state index contributed by atoms with van der Waals surface area (Å²) >= 11 is 6.65. The molecule has 2 unspecified atom stereocenters. The Balaban J connectivity index is 1.35. The molecule has 2 atom stereocenters. The Morgan fingerprint density at radius 3 is 2.72 bits per heavy atom. The van der Waals surface area contributed by atoms with Crippen molar-refractivity contribution in [2.45, 2.75) is 32.0 Å². The first-order chi connectivity index (χ1) is 18.8. The SMILES string of the molecule is Cc1cccc(Cl)c1C(CCCN1c2cc(OCCN3CCOCC3)c(N)cc2-n2cncc2C1N)N(C)C. The maximum absolute atomic E-state index is 6.81. The summed E-state index contributed by atoms with van der Waals surface area (Å²) in [6.07, 6.45) is 5.16. The quantitative estimate of drug-likeness (QED) is 0.364. The fourth-order valence-electron chi connectivity index (χ4n) is 5.71. The van der Waals surface area contributed by atoms with Crippen LogP contribution < -0.4 is 21.1 Å². The number of ether oxygens (including phenoxy) is 2. The van der Waals surface area contributed by atoms with E-state index in [-0.39, 0.29) is 12.2 Å². The summed E-state index contributed by atoms with van der Waals surface area (Å²) in [5.74, 6) is 0.681. The number of rotatable bonds is 10. The second-order valence-corrected chi connectivity index (χ2v) is 11.0. The van der Waals surface area contributed by atoms with Crippen LogP contribution in [0.2, 0.25) is 5.02 Å². The van der Waals surface area contributed by atoms with Gasteiger partial charge in [-0.15, -0.1) is 0 Å². The van der Waals surface area contributed by atoms with E-state index >= 15 is 0 Å². The maximum Gasteiger partial charge on any atom is 0.144 e. The first-order valence-corrected chi connectivity index (χ1v) is 14.1. The van der Waals surface area contributed by atoms with E-state index in [1.807, 2.05) is 35.0 Å². The van der Waals surface area contributed by atoms with Crippen molar-refractivity contribution in [3.63, 3.8) is 0 Å². The maximum atomic E-state index is 6.81. The second kappa shape index (κ2) is 12.1. The summed E-state index contributed by atoms with van der Waals surface area (Å²) in [4.78, 5) is 11.2. The summed E-state index contributed by atoms with van der Waals surface area (Å²) in [5, 5.41) is 0.812. The Bertz CT molecular complexity index is 1250. The number of nitrogens with zero attached hydrogens (tertiary/aromatic N) is 5. The van der Waals surface area contributed by atoms with Gasteiger partial charge >= 0.3 is 0 Å². The van der Waals surface area contributed by atoms with Crippen molar-refractivity contribution in [2.75, 3.05) is 70.7 Å². The molecular formula is C29H40ClN7O2. The van der Waals surface area contributed by atoms with Gasteiger partial charge in [0.15, 0.2) is 0 Å². The van der Waals surface area contributed by atoms with Crippen LogP contribution in [0.25, 0.3) is 5.69 Å². The molecule has 9 nitrogen and oxygen atoms in total. The summed E-state index contributed by atoms with van der Waals surface area (Å²) in [6.45, 7) is 7.69. The highest BCUT2D eigenvalue weighted by atomic mass is 35.5. The highest BCUT2D eigenvalue weighted by Gasteiger charge is 2.30. The molecule has 2 aliphatic rings. The molecule has 1 fully saturated rings. The molecule has 39 heavy (non-hydrogen) atoms. The lowest BCUT2D eigenvalue weighted by Crippen LogP contribution is -2.40. The number of aromatic nitrogens is 2. The molecule has 3 aromatic rings. The van der Waals surface area contributed by atoms with Gasteiger partial charge in [-0.2, -0.15) is 0 Å². The third-order valence-electron chi connectivity index (χ3n) is 7.85. The van der Waals surface area contributed by atoms with E-state index in [9.17, 15) is 0 Å². The largest absolute Gasteiger partial charge is 0.490 e. The zero-order chi connectivity index (χ0) is 27.5. The number of halogens is 1. The molecule has 1 saturated heterocycles. The molecule has 1 aromatic heterocycles. The summed E-state index contributed by atoms with van der Waals surface area (Å²) in [7, 11) is 4.22. The molecule has 0 saturated carbocycles. The molecule has 0 radical (unpaired) electrons. The van der Waals surface area contributed by atoms with Gasteiger partial charge in [-0.05, 0) is 57.1 Å². The predicted octanol–water partition coefficient (Wildman–Crippen LogP) is 3.99. The van der Waals surface area contributed by atoms with E-state index in [4.69, 9.17) is 32.5 Å². The van der Waals surface area contributed by atoms with Crippen molar-refractivity contribution in [3.8, 4) is 11.4 Å². The highest BCUT2D eigenvalue weighted by Crippen LogP contribution is 2.42. The van der Waals surface area contributed by atoms with Crippen LogP contribution in [-0.2, 0) is 4.74 Å². The first-order valence-electron chi connectivity index (χ1n) is 13.7. The number of fused-ring (bicyclic) bond motifs is 3. The van der Waals surface area contributed by atoms with Gasteiger partial charge in [0.05, 0.1) is 48.5 Å². The lowest BCUT2D eigenvalue weighted by Gasteiger charge is -2.38. The molecular weight excluding hydrogens is 514 g/mol. The molecule has 2 aliphatic heterocycles. The van der Waals surface area contributed by atoms with Crippen molar-refractivity contribution < 1.29 is 9.47 Å². The Morgan fingerprint density at radius 1 is 1.18 bits per heavy atom. The Kier molecular flexibility index (Phi) is 8.64. The van der Waals surface area contributed by atoms with Gasteiger partial charge < -0.3 is 30.7 Å². The van der Waals surface area contributed by atoms with Gasteiger partial charge in [0.25, 0.3) is 0 Å². The van der Waals surface area contributed by atoms with Crippen molar-refractivity contribution in [3.05, 3.63) is 64.7 Å². The summed E-state index contributed by atoms with van der Waals surface area (Å²) < 4.78 is 13.7. The minimum absolute atomic E-state index is 0.204. The van der Waals surface area contributed by atoms with Crippen LogP contribution in [0.15, 0.2) is 42.9 Å². The van der Waals surface area contributed by atoms with Gasteiger partial charge in [-0.25, -0.2) is 4.98 Å². The number of aryl methyl sites for hydroxylation is 1. The van der Waals surface area contributed by atoms with Crippen LogP contribution in [0.4, 0.5) is 11.4 Å². The summed E-state index contributed by atoms with van der Waals surface area (Å²) in [6, 6.07) is 10.3. The van der Waals surface area contributed by atoms with Gasteiger partial charge in [0, 0.05) is 43.3 Å². The van der Waals surface area contributed by atoms with Gasteiger partial charge in [0.2, 0.25) is 0 Å². The number of hydrogen-bond acceptors (Lipinski definition) is 8. The monoisotopic (exact) mass is 553 g/mol. The van der Waals surface area contributed by atoms with Crippen molar-refractivity contribution in [1.82, 2.24) is 19.4 Å². The van der Waals surface area contributed by atoms with Gasteiger partial charge in [-0.3, -0.25) is 9.47 Å². The van der Waals surface area contributed by atoms with E-state index in [1.165, 1.54) is 11.1 Å². The van der Waals surface area contributed by atoms with Crippen LogP contribution in [-0.4, -0.2) is 79.4 Å². The fourth-order valence-corrected chi connectivity index (χ4v) is 6.06. The molecule has 0 spiro atoms. The molecule has 2 aromatic carbocycles. The predicted molar refractivity (Wildman–Crippen MR) is 157 cm³/mol. The van der Waals surface area contributed by atoms with E-state index in [0.29, 0.717) is 18.0 Å². The topological polar surface area (TPSA) is 98.0 Å². The zero-order valence-electron chi connectivity index (χ0n) is 23.1. The lowest BCUT2D eigenvalue weighted by atomic mass is 9.96. The summed E-state index contributed by atoms with van der Waals surface area (Å²) in [5.41, 5.74) is 19.2. The minimum Gasteiger partial charge on any atom is -0.490 e. The molecule has 210 valence electrons. The van der Waals surface area contributed by atoms with Crippen LogP contribution in [0.1, 0.15) is 41.9 Å². The van der Waals surface area contributed by atoms with E-state index in [1.54, 1.807) is 6.33 Å². The Hall–Kier alpha value is -2.82. The lowest BCUT2D eigenvalue weighted by molar-refractivity contribution is 0.0323. The molecule has 10 heteroatoms. The fraction of sp³-hybridized carbons (Fsp3) is 0.483. The zero-order valence-corrected chi connectivity index (χ0v) is 23.9. The molecule has 0 amide bonds. The molecule has 5 rings (SSSR count). The van der Waals surface area contributed by atoms with Crippen LogP contribution in [0.3, 0.4) is 0 Å². The minimum atomic E-state index is -0.329. The second-order valence-electron chi connectivity index (χ2n) is 10.6. The number of morpholine rings is 1. The Labute approximate surface area is 236 Å². The van der Waals surface area contributed by atoms with Crippen molar-refractivity contribution in [2.24, 2.45) is 5.73 Å². The van der Waals surface area contributed by atoms with Crippen LogP contribution in [0.5, 0.6) is 5.75 Å². The Morgan fingerprint density at radius 2 is 1.97 bits per heavy atom. The number of anilines is 2. The standard InChI is InChI=1S/C29H40ClN7O2/c1-20-6-4-7-21(30)28(20)23(34(2)3)8-5-9-36-25-17-27(39-15-12-35-10-13-38-14-11-35)22(31)16-24(25)37-19-33-18-26(37)29(36)32/h4,6-7,16-19,23,29H,5,8-15,31-32H2,1-3H3.